The average Bonchev–Trinajstić information content (AvgIpc) is 2.98. The lowest BCUT2D eigenvalue weighted by Gasteiger charge is -2.31. The third-order valence-corrected chi connectivity index (χ3v) is 5.15. The molecule has 2 aromatic rings. The van der Waals surface area contributed by atoms with Crippen LogP contribution in [0.15, 0.2) is 54.6 Å². The van der Waals surface area contributed by atoms with Gasteiger partial charge in [0.25, 0.3) is 5.91 Å². The molecule has 1 saturated heterocycles. The van der Waals surface area contributed by atoms with Crippen LogP contribution in [0.2, 0.25) is 0 Å². The molecule has 1 unspecified atom stereocenters. The number of likely N-dealkylation sites (tertiary alicyclic amines) is 1. The number of amides is 1. The number of ether oxygens (including phenoxy) is 1. The van der Waals surface area contributed by atoms with Crippen molar-refractivity contribution in [2.24, 2.45) is 0 Å². The van der Waals surface area contributed by atoms with Crippen molar-refractivity contribution in [1.82, 2.24) is 10.2 Å². The standard InChI is InChI=1S/C23H30N2O2/c1-19-11-13-20(14-12-19)22(25-15-7-2-3-8-16-25)17-24-23(26)18-27-21-9-5-4-6-10-21/h4-6,9-14,22H,2-3,7-8,15-18H2,1H3,(H,24,26). The summed E-state index contributed by atoms with van der Waals surface area (Å²) in [6.45, 7) is 4.95. The van der Waals surface area contributed by atoms with Crippen LogP contribution in [0.25, 0.3) is 0 Å². The number of hydrogen-bond donors (Lipinski definition) is 1. The highest BCUT2D eigenvalue weighted by Crippen LogP contribution is 2.24. The minimum Gasteiger partial charge on any atom is -0.484 e. The number of aryl methyl sites for hydroxylation is 1. The van der Waals surface area contributed by atoms with Crippen molar-refractivity contribution in [2.45, 2.75) is 38.6 Å². The highest BCUT2D eigenvalue weighted by Gasteiger charge is 2.22. The lowest BCUT2D eigenvalue weighted by atomic mass is 10.0. The number of para-hydroxylation sites is 1. The summed E-state index contributed by atoms with van der Waals surface area (Å²) in [6.07, 6.45) is 5.06. The van der Waals surface area contributed by atoms with Gasteiger partial charge >= 0.3 is 0 Å². The third-order valence-electron chi connectivity index (χ3n) is 5.15. The van der Waals surface area contributed by atoms with Gasteiger partial charge in [0.1, 0.15) is 5.75 Å². The molecule has 144 valence electrons. The van der Waals surface area contributed by atoms with E-state index < -0.39 is 0 Å². The number of carbonyl (C=O) groups excluding carboxylic acids is 1. The van der Waals surface area contributed by atoms with Gasteiger partial charge in [-0.25, -0.2) is 0 Å². The Morgan fingerprint density at radius 3 is 2.33 bits per heavy atom. The fraction of sp³-hybridized carbons (Fsp3) is 0.435. The largest absolute Gasteiger partial charge is 0.484 e. The van der Waals surface area contributed by atoms with Crippen LogP contribution in [0.5, 0.6) is 5.75 Å². The molecule has 1 heterocycles. The Labute approximate surface area is 162 Å². The lowest BCUT2D eigenvalue weighted by molar-refractivity contribution is -0.123. The Hall–Kier alpha value is -2.33. The number of nitrogens with zero attached hydrogens (tertiary/aromatic N) is 1. The van der Waals surface area contributed by atoms with Crippen LogP contribution in [0, 0.1) is 6.92 Å². The third kappa shape index (κ3) is 6.10. The number of rotatable bonds is 7. The van der Waals surface area contributed by atoms with E-state index in [0.29, 0.717) is 6.54 Å². The molecular weight excluding hydrogens is 336 g/mol. The van der Waals surface area contributed by atoms with Gasteiger partial charge in [0, 0.05) is 6.54 Å². The van der Waals surface area contributed by atoms with E-state index >= 15 is 0 Å². The maximum absolute atomic E-state index is 12.3. The van der Waals surface area contributed by atoms with E-state index in [4.69, 9.17) is 4.74 Å². The van der Waals surface area contributed by atoms with Gasteiger partial charge in [-0.15, -0.1) is 0 Å². The molecule has 4 nitrogen and oxygen atoms in total. The van der Waals surface area contributed by atoms with Crippen LogP contribution in [0.3, 0.4) is 0 Å². The van der Waals surface area contributed by atoms with Gasteiger partial charge in [-0.3, -0.25) is 9.69 Å². The first kappa shape index (κ1) is 19.4. The van der Waals surface area contributed by atoms with E-state index in [0.717, 1.165) is 18.8 Å². The highest BCUT2D eigenvalue weighted by atomic mass is 16.5. The van der Waals surface area contributed by atoms with E-state index in [9.17, 15) is 4.79 Å². The molecule has 0 bridgehead atoms. The van der Waals surface area contributed by atoms with Gasteiger partial charge < -0.3 is 10.1 Å². The van der Waals surface area contributed by atoms with Crippen molar-refractivity contribution in [3.63, 3.8) is 0 Å². The SMILES string of the molecule is Cc1ccc(C(CNC(=O)COc2ccccc2)N2CCCCCC2)cc1. The summed E-state index contributed by atoms with van der Waals surface area (Å²) < 4.78 is 5.56. The Kier molecular flexibility index (Phi) is 7.28. The lowest BCUT2D eigenvalue weighted by Crippen LogP contribution is -2.40. The van der Waals surface area contributed by atoms with Crippen LogP contribution in [-0.4, -0.2) is 37.0 Å². The second-order valence-corrected chi connectivity index (χ2v) is 7.28. The fourth-order valence-electron chi connectivity index (χ4n) is 3.58. The maximum atomic E-state index is 12.3. The second-order valence-electron chi connectivity index (χ2n) is 7.28. The summed E-state index contributed by atoms with van der Waals surface area (Å²) in [5.74, 6) is 0.640. The molecule has 1 aliphatic heterocycles. The predicted molar refractivity (Wildman–Crippen MR) is 109 cm³/mol. The van der Waals surface area contributed by atoms with Gasteiger partial charge in [0.05, 0.1) is 6.04 Å². The molecule has 1 aliphatic rings. The monoisotopic (exact) mass is 366 g/mol. The number of hydrogen-bond acceptors (Lipinski definition) is 3. The van der Waals surface area contributed by atoms with Crippen LogP contribution >= 0.6 is 0 Å². The molecule has 0 aromatic heterocycles. The van der Waals surface area contributed by atoms with E-state index in [1.807, 2.05) is 30.3 Å². The summed E-state index contributed by atoms with van der Waals surface area (Å²) in [4.78, 5) is 14.8. The molecule has 1 fully saturated rings. The van der Waals surface area contributed by atoms with E-state index in [1.165, 1.54) is 36.8 Å². The maximum Gasteiger partial charge on any atom is 0.258 e. The first-order valence-electron chi connectivity index (χ1n) is 9.97. The van der Waals surface area contributed by atoms with Gasteiger partial charge in [0.15, 0.2) is 6.61 Å². The van der Waals surface area contributed by atoms with Crippen molar-refractivity contribution in [1.29, 1.82) is 0 Å². The summed E-state index contributed by atoms with van der Waals surface area (Å²) in [7, 11) is 0. The molecule has 3 rings (SSSR count). The molecule has 1 N–H and O–H groups in total. The first-order valence-corrected chi connectivity index (χ1v) is 9.97. The summed E-state index contributed by atoms with van der Waals surface area (Å²) >= 11 is 0. The van der Waals surface area contributed by atoms with Crippen LogP contribution in [-0.2, 0) is 4.79 Å². The predicted octanol–water partition coefficient (Wildman–Crippen LogP) is 4.11. The number of carbonyl (C=O) groups is 1. The second kappa shape index (κ2) is 10.1. The Bertz CT molecular complexity index is 692. The normalized spacial score (nSPS) is 16.3. The Morgan fingerprint density at radius 1 is 1.00 bits per heavy atom. The zero-order chi connectivity index (χ0) is 18.9. The van der Waals surface area contributed by atoms with Gasteiger partial charge in [-0.05, 0) is 50.6 Å². The molecule has 1 atom stereocenters. The number of benzene rings is 2. The molecule has 0 saturated carbocycles. The molecule has 0 spiro atoms. The quantitative estimate of drug-likeness (QED) is 0.802. The van der Waals surface area contributed by atoms with Crippen LogP contribution in [0.4, 0.5) is 0 Å². The van der Waals surface area contributed by atoms with Crippen molar-refractivity contribution < 1.29 is 9.53 Å². The van der Waals surface area contributed by atoms with Gasteiger partial charge in [-0.1, -0.05) is 60.9 Å². The summed E-state index contributed by atoms with van der Waals surface area (Å²) in [6, 6.07) is 18.4. The summed E-state index contributed by atoms with van der Waals surface area (Å²) in [5, 5.41) is 3.08. The van der Waals surface area contributed by atoms with Gasteiger partial charge in [0.2, 0.25) is 0 Å². The van der Waals surface area contributed by atoms with Crippen molar-refractivity contribution in [3.8, 4) is 5.75 Å². The molecule has 4 heteroatoms. The van der Waals surface area contributed by atoms with E-state index in [-0.39, 0.29) is 18.6 Å². The Balaban J connectivity index is 1.60. The minimum absolute atomic E-state index is 0.0463. The topological polar surface area (TPSA) is 41.6 Å². The summed E-state index contributed by atoms with van der Waals surface area (Å²) in [5.41, 5.74) is 2.53. The smallest absolute Gasteiger partial charge is 0.258 e. The van der Waals surface area contributed by atoms with Crippen molar-refractivity contribution >= 4 is 5.91 Å². The van der Waals surface area contributed by atoms with E-state index in [1.54, 1.807) is 0 Å². The number of nitrogens with one attached hydrogen (secondary N) is 1. The van der Waals surface area contributed by atoms with Crippen LogP contribution < -0.4 is 10.1 Å². The zero-order valence-corrected chi connectivity index (χ0v) is 16.2. The van der Waals surface area contributed by atoms with Gasteiger partial charge in [-0.2, -0.15) is 0 Å². The fourth-order valence-corrected chi connectivity index (χ4v) is 3.58. The molecule has 27 heavy (non-hydrogen) atoms. The molecule has 0 radical (unpaired) electrons. The first-order chi connectivity index (χ1) is 13.2. The molecule has 2 aromatic carbocycles. The molecular formula is C23H30N2O2. The minimum atomic E-state index is -0.0780. The molecule has 1 amide bonds. The van der Waals surface area contributed by atoms with E-state index in [2.05, 4.69) is 41.4 Å². The zero-order valence-electron chi connectivity index (χ0n) is 16.2. The Morgan fingerprint density at radius 2 is 1.67 bits per heavy atom. The van der Waals surface area contributed by atoms with Crippen molar-refractivity contribution in [3.05, 3.63) is 65.7 Å². The van der Waals surface area contributed by atoms with Crippen molar-refractivity contribution in [2.75, 3.05) is 26.2 Å². The average molecular weight is 367 g/mol. The molecule has 0 aliphatic carbocycles. The highest BCUT2D eigenvalue weighted by molar-refractivity contribution is 5.77. The van der Waals surface area contributed by atoms with Crippen LogP contribution in [0.1, 0.15) is 42.9 Å².